The molecule has 0 saturated heterocycles. The van der Waals surface area contributed by atoms with Gasteiger partial charge < -0.3 is 9.52 Å². The topological polar surface area (TPSA) is 50.4 Å². The van der Waals surface area contributed by atoms with Gasteiger partial charge in [-0.2, -0.15) is 0 Å². The van der Waals surface area contributed by atoms with Crippen LogP contribution in [0, 0.1) is 5.82 Å². The van der Waals surface area contributed by atoms with E-state index in [1.807, 2.05) is 0 Å². The molecule has 16 heavy (non-hydrogen) atoms. The molecule has 1 heterocycles. The quantitative estimate of drug-likeness (QED) is 0.846. The van der Waals surface area contributed by atoms with Crippen LogP contribution in [0.25, 0.3) is 11.0 Å². The van der Waals surface area contributed by atoms with E-state index in [0.29, 0.717) is 23.8 Å². The molecular formula is C12H9FO3. The molecule has 1 aliphatic rings. The first-order chi connectivity index (χ1) is 7.65. The standard InChI is InChI=1S/C12H9FO3/c13-10-7-3-6-16-9(7)2-1-8(10)12(4-5-12)11(14)15/h1-3,6H,4-5H2,(H,14,15). The van der Waals surface area contributed by atoms with Gasteiger partial charge in [-0.05, 0) is 25.0 Å². The highest BCUT2D eigenvalue weighted by molar-refractivity contribution is 5.88. The number of halogens is 1. The van der Waals surface area contributed by atoms with E-state index in [4.69, 9.17) is 9.52 Å². The summed E-state index contributed by atoms with van der Waals surface area (Å²) < 4.78 is 19.1. The summed E-state index contributed by atoms with van der Waals surface area (Å²) in [7, 11) is 0. The van der Waals surface area contributed by atoms with Crippen molar-refractivity contribution in [3.63, 3.8) is 0 Å². The van der Waals surface area contributed by atoms with Crippen LogP contribution in [-0.2, 0) is 10.2 Å². The van der Waals surface area contributed by atoms with Crippen molar-refractivity contribution in [1.29, 1.82) is 0 Å². The molecule has 0 atom stereocenters. The molecule has 0 bridgehead atoms. The van der Waals surface area contributed by atoms with E-state index in [2.05, 4.69) is 0 Å². The van der Waals surface area contributed by atoms with Crippen molar-refractivity contribution in [3.05, 3.63) is 35.8 Å². The van der Waals surface area contributed by atoms with Gasteiger partial charge >= 0.3 is 5.97 Å². The Kier molecular flexibility index (Phi) is 1.67. The molecule has 0 amide bonds. The van der Waals surface area contributed by atoms with E-state index in [9.17, 15) is 9.18 Å². The SMILES string of the molecule is O=C(O)C1(c2ccc3occc3c2F)CC1. The lowest BCUT2D eigenvalue weighted by molar-refractivity contribution is -0.140. The van der Waals surface area contributed by atoms with E-state index in [0.717, 1.165) is 0 Å². The Hall–Kier alpha value is -1.84. The van der Waals surface area contributed by atoms with Crippen molar-refractivity contribution in [2.24, 2.45) is 0 Å². The first kappa shape index (κ1) is 9.39. The third-order valence-electron chi connectivity index (χ3n) is 3.24. The number of carboxylic acids is 1. The number of hydrogen-bond acceptors (Lipinski definition) is 2. The zero-order chi connectivity index (χ0) is 11.3. The Morgan fingerprint density at radius 1 is 1.38 bits per heavy atom. The Labute approximate surface area is 90.5 Å². The molecule has 3 nitrogen and oxygen atoms in total. The van der Waals surface area contributed by atoms with Crippen molar-refractivity contribution in [1.82, 2.24) is 0 Å². The number of aliphatic carboxylic acids is 1. The monoisotopic (exact) mass is 220 g/mol. The highest BCUT2D eigenvalue weighted by atomic mass is 19.1. The second-order valence-corrected chi connectivity index (χ2v) is 4.15. The maximum Gasteiger partial charge on any atom is 0.314 e. The van der Waals surface area contributed by atoms with Gasteiger partial charge in [-0.25, -0.2) is 4.39 Å². The Morgan fingerprint density at radius 3 is 2.75 bits per heavy atom. The first-order valence-corrected chi connectivity index (χ1v) is 5.05. The van der Waals surface area contributed by atoms with Crippen LogP contribution in [0.4, 0.5) is 4.39 Å². The van der Waals surface area contributed by atoms with Crippen molar-refractivity contribution in [3.8, 4) is 0 Å². The number of fused-ring (bicyclic) bond motifs is 1. The number of furan rings is 1. The highest BCUT2D eigenvalue weighted by Gasteiger charge is 2.53. The molecule has 82 valence electrons. The molecule has 4 heteroatoms. The molecule has 0 spiro atoms. The molecule has 1 aromatic carbocycles. The van der Waals surface area contributed by atoms with Gasteiger partial charge in [0.15, 0.2) is 0 Å². The van der Waals surface area contributed by atoms with Crippen LogP contribution in [0.5, 0.6) is 0 Å². The van der Waals surface area contributed by atoms with Crippen LogP contribution in [0.2, 0.25) is 0 Å². The minimum absolute atomic E-state index is 0.272. The zero-order valence-corrected chi connectivity index (χ0v) is 8.37. The maximum absolute atomic E-state index is 14.1. The molecule has 1 fully saturated rings. The minimum Gasteiger partial charge on any atom is -0.481 e. The highest BCUT2D eigenvalue weighted by Crippen LogP contribution is 2.50. The fraction of sp³-hybridized carbons (Fsp3) is 0.250. The normalized spacial score (nSPS) is 17.6. The molecule has 2 aromatic rings. The first-order valence-electron chi connectivity index (χ1n) is 5.05. The average molecular weight is 220 g/mol. The van der Waals surface area contributed by atoms with Crippen LogP contribution in [0.15, 0.2) is 28.9 Å². The van der Waals surface area contributed by atoms with Gasteiger partial charge in [-0.15, -0.1) is 0 Å². The van der Waals surface area contributed by atoms with Crippen LogP contribution in [0.1, 0.15) is 18.4 Å². The van der Waals surface area contributed by atoms with Gasteiger partial charge in [0.05, 0.1) is 17.1 Å². The lowest BCUT2D eigenvalue weighted by Crippen LogP contribution is -2.20. The molecule has 3 rings (SSSR count). The summed E-state index contributed by atoms with van der Waals surface area (Å²) in [6.07, 6.45) is 2.41. The van der Waals surface area contributed by atoms with Crippen molar-refractivity contribution in [2.75, 3.05) is 0 Å². The van der Waals surface area contributed by atoms with E-state index in [-0.39, 0.29) is 5.56 Å². The number of carboxylic acid groups (broad SMARTS) is 1. The molecule has 0 aliphatic heterocycles. The average Bonchev–Trinajstić information content (AvgIpc) is 2.90. The number of rotatable bonds is 2. The van der Waals surface area contributed by atoms with E-state index in [1.54, 1.807) is 6.07 Å². The molecule has 0 radical (unpaired) electrons. The van der Waals surface area contributed by atoms with Crippen LogP contribution >= 0.6 is 0 Å². The van der Waals surface area contributed by atoms with Gasteiger partial charge in [0.2, 0.25) is 0 Å². The minimum atomic E-state index is -1.00. The van der Waals surface area contributed by atoms with Gasteiger partial charge in [-0.1, -0.05) is 6.07 Å². The Balaban J connectivity index is 2.25. The summed E-state index contributed by atoms with van der Waals surface area (Å²) in [4.78, 5) is 11.1. The maximum atomic E-state index is 14.1. The third-order valence-corrected chi connectivity index (χ3v) is 3.24. The fourth-order valence-electron chi connectivity index (χ4n) is 2.10. The molecule has 0 unspecified atom stereocenters. The summed E-state index contributed by atoms with van der Waals surface area (Å²) in [5.41, 5.74) is -0.286. The van der Waals surface area contributed by atoms with Crippen molar-refractivity contribution < 1.29 is 18.7 Å². The predicted molar refractivity (Wildman–Crippen MR) is 54.7 cm³/mol. The predicted octanol–water partition coefficient (Wildman–Crippen LogP) is 2.69. The summed E-state index contributed by atoms with van der Waals surface area (Å²) in [6, 6.07) is 4.66. The van der Waals surface area contributed by atoms with Gasteiger partial charge in [0.1, 0.15) is 11.4 Å². The number of benzene rings is 1. The number of carbonyl (C=O) groups is 1. The van der Waals surface area contributed by atoms with Crippen LogP contribution in [0.3, 0.4) is 0 Å². The number of hydrogen-bond donors (Lipinski definition) is 1. The smallest absolute Gasteiger partial charge is 0.314 e. The molecule has 1 N–H and O–H groups in total. The third kappa shape index (κ3) is 1.04. The molecular weight excluding hydrogens is 211 g/mol. The van der Waals surface area contributed by atoms with Gasteiger partial charge in [0, 0.05) is 5.56 Å². The molecule has 1 saturated carbocycles. The van der Waals surface area contributed by atoms with Crippen LogP contribution < -0.4 is 0 Å². The van der Waals surface area contributed by atoms with Crippen molar-refractivity contribution in [2.45, 2.75) is 18.3 Å². The molecule has 1 aliphatic carbocycles. The van der Waals surface area contributed by atoms with Gasteiger partial charge in [0.25, 0.3) is 0 Å². The Bertz CT molecular complexity index is 581. The zero-order valence-electron chi connectivity index (χ0n) is 8.37. The molecule has 1 aromatic heterocycles. The lowest BCUT2D eigenvalue weighted by Gasteiger charge is -2.11. The van der Waals surface area contributed by atoms with Gasteiger partial charge in [-0.3, -0.25) is 4.79 Å². The summed E-state index contributed by atoms with van der Waals surface area (Å²) in [6.45, 7) is 0. The Morgan fingerprint density at radius 2 is 2.12 bits per heavy atom. The summed E-state index contributed by atoms with van der Waals surface area (Å²) >= 11 is 0. The second-order valence-electron chi connectivity index (χ2n) is 4.15. The van der Waals surface area contributed by atoms with Crippen LogP contribution in [-0.4, -0.2) is 11.1 Å². The summed E-state index contributed by atoms with van der Waals surface area (Å²) in [5, 5.41) is 9.47. The summed E-state index contributed by atoms with van der Waals surface area (Å²) in [5.74, 6) is -1.42. The largest absolute Gasteiger partial charge is 0.481 e. The van der Waals surface area contributed by atoms with E-state index < -0.39 is 17.2 Å². The van der Waals surface area contributed by atoms with Crippen molar-refractivity contribution >= 4 is 16.9 Å². The van der Waals surface area contributed by atoms with E-state index >= 15 is 0 Å². The lowest BCUT2D eigenvalue weighted by atomic mass is 9.94. The second kappa shape index (κ2) is 2.84. The fourth-order valence-corrected chi connectivity index (χ4v) is 2.10. The van der Waals surface area contributed by atoms with E-state index in [1.165, 1.54) is 18.4 Å².